The fourth-order valence-corrected chi connectivity index (χ4v) is 1.10. The van der Waals surface area contributed by atoms with Crippen molar-refractivity contribution in [3.05, 3.63) is 0 Å². The van der Waals surface area contributed by atoms with E-state index in [9.17, 15) is 4.79 Å². The van der Waals surface area contributed by atoms with Crippen LogP contribution in [0.1, 0.15) is 59.3 Å². The van der Waals surface area contributed by atoms with Crippen LogP contribution in [0.2, 0.25) is 0 Å². The van der Waals surface area contributed by atoms with Crippen molar-refractivity contribution < 1.29 is 9.90 Å². The summed E-state index contributed by atoms with van der Waals surface area (Å²) >= 11 is 0. The van der Waals surface area contributed by atoms with Gasteiger partial charge in [-0.1, -0.05) is 46.5 Å². The Hall–Kier alpha value is -0.570. The van der Waals surface area contributed by atoms with Crippen molar-refractivity contribution in [1.82, 2.24) is 4.90 Å². The third-order valence-corrected chi connectivity index (χ3v) is 2.57. The molecule has 16 heavy (non-hydrogen) atoms. The summed E-state index contributed by atoms with van der Waals surface area (Å²) in [5.74, 6) is -0.670. The van der Waals surface area contributed by atoms with Crippen molar-refractivity contribution in [2.45, 2.75) is 59.3 Å². The quantitative estimate of drug-likeness (QED) is 0.651. The van der Waals surface area contributed by atoms with Crippen molar-refractivity contribution in [3.63, 3.8) is 0 Å². The fourth-order valence-electron chi connectivity index (χ4n) is 1.10. The molecular weight excluding hydrogens is 202 g/mol. The van der Waals surface area contributed by atoms with E-state index in [0.29, 0.717) is 6.42 Å². The molecule has 0 radical (unpaired) electrons. The first kappa shape index (κ1) is 17.8. The zero-order valence-corrected chi connectivity index (χ0v) is 11.5. The molecule has 0 aliphatic heterocycles. The fraction of sp³-hybridized carbons (Fsp3) is 0.923. The first-order valence-corrected chi connectivity index (χ1v) is 6.48. The minimum atomic E-state index is -0.670. The Bertz CT molecular complexity index is 145. The molecule has 0 aromatic heterocycles. The number of carboxylic acids is 1. The topological polar surface area (TPSA) is 40.5 Å². The number of rotatable bonds is 8. The summed E-state index contributed by atoms with van der Waals surface area (Å²) < 4.78 is 0. The maximum Gasteiger partial charge on any atom is 0.303 e. The molecule has 0 unspecified atom stereocenters. The first-order valence-electron chi connectivity index (χ1n) is 6.48. The average molecular weight is 231 g/mol. The Labute approximate surface area is 101 Å². The molecule has 98 valence electrons. The van der Waals surface area contributed by atoms with Crippen LogP contribution in [0, 0.1) is 0 Å². The Morgan fingerprint density at radius 1 is 1.00 bits per heavy atom. The highest BCUT2D eigenvalue weighted by Crippen LogP contribution is 2.04. The molecule has 0 aromatic carbocycles. The number of nitrogens with zero attached hydrogens (tertiary/aromatic N) is 1. The zero-order valence-electron chi connectivity index (χ0n) is 11.5. The standard InChI is InChI=1S/C8H16O2.C5H13N/c1-2-3-4-5-6-7-8(9)10;1-4-6(3)5-2/h2-7H2,1H3,(H,9,10);4-5H2,1-3H3. The van der Waals surface area contributed by atoms with Crippen LogP contribution >= 0.6 is 0 Å². The predicted octanol–water partition coefficient (Wildman–Crippen LogP) is 3.39. The van der Waals surface area contributed by atoms with E-state index in [4.69, 9.17) is 5.11 Å². The SMILES string of the molecule is CCCCCCCC(=O)O.CCN(C)CC. The molecule has 0 spiro atoms. The predicted molar refractivity (Wildman–Crippen MR) is 69.9 cm³/mol. The normalized spacial score (nSPS) is 9.81. The van der Waals surface area contributed by atoms with Crippen LogP contribution < -0.4 is 0 Å². The smallest absolute Gasteiger partial charge is 0.303 e. The summed E-state index contributed by atoms with van der Waals surface area (Å²) in [5.41, 5.74) is 0. The highest BCUT2D eigenvalue weighted by Gasteiger charge is 1.94. The monoisotopic (exact) mass is 231 g/mol. The highest BCUT2D eigenvalue weighted by atomic mass is 16.4. The van der Waals surface area contributed by atoms with E-state index in [1.165, 1.54) is 19.3 Å². The van der Waals surface area contributed by atoms with Gasteiger partial charge in [-0.25, -0.2) is 0 Å². The maximum absolute atomic E-state index is 10.0. The van der Waals surface area contributed by atoms with Crippen molar-refractivity contribution in [1.29, 1.82) is 0 Å². The first-order chi connectivity index (χ1) is 7.58. The van der Waals surface area contributed by atoms with Gasteiger partial charge in [0.15, 0.2) is 0 Å². The summed E-state index contributed by atoms with van der Waals surface area (Å²) in [4.78, 5) is 12.3. The van der Waals surface area contributed by atoms with Crippen molar-refractivity contribution >= 4 is 5.97 Å². The van der Waals surface area contributed by atoms with Crippen LogP contribution in [0.4, 0.5) is 0 Å². The molecule has 0 aliphatic carbocycles. The number of hydrogen-bond donors (Lipinski definition) is 1. The number of carbonyl (C=O) groups is 1. The summed E-state index contributed by atoms with van der Waals surface area (Å²) in [7, 11) is 2.11. The van der Waals surface area contributed by atoms with E-state index in [0.717, 1.165) is 25.9 Å². The number of hydrogen-bond acceptors (Lipinski definition) is 2. The van der Waals surface area contributed by atoms with Crippen LogP contribution in [0.3, 0.4) is 0 Å². The van der Waals surface area contributed by atoms with E-state index < -0.39 is 5.97 Å². The second-order valence-electron chi connectivity index (χ2n) is 4.05. The molecule has 0 amide bonds. The van der Waals surface area contributed by atoms with Gasteiger partial charge in [-0.2, -0.15) is 0 Å². The van der Waals surface area contributed by atoms with Crippen LogP contribution in [0.15, 0.2) is 0 Å². The van der Waals surface area contributed by atoms with Gasteiger partial charge >= 0.3 is 5.97 Å². The lowest BCUT2D eigenvalue weighted by molar-refractivity contribution is -0.137. The van der Waals surface area contributed by atoms with Crippen molar-refractivity contribution in [2.24, 2.45) is 0 Å². The average Bonchev–Trinajstić information content (AvgIpc) is 2.28. The third kappa shape index (κ3) is 19.1. The van der Waals surface area contributed by atoms with Gasteiger partial charge in [-0.15, -0.1) is 0 Å². The molecule has 1 N–H and O–H groups in total. The second-order valence-corrected chi connectivity index (χ2v) is 4.05. The molecule has 3 heteroatoms. The van der Waals surface area contributed by atoms with Crippen LogP contribution in [-0.2, 0) is 4.79 Å². The van der Waals surface area contributed by atoms with E-state index in [1.54, 1.807) is 0 Å². The van der Waals surface area contributed by atoms with E-state index >= 15 is 0 Å². The van der Waals surface area contributed by atoms with Gasteiger partial charge in [0.1, 0.15) is 0 Å². The zero-order chi connectivity index (χ0) is 12.8. The highest BCUT2D eigenvalue weighted by molar-refractivity contribution is 5.66. The van der Waals surface area contributed by atoms with Gasteiger partial charge in [-0.3, -0.25) is 4.79 Å². The maximum atomic E-state index is 10.0. The third-order valence-electron chi connectivity index (χ3n) is 2.57. The van der Waals surface area contributed by atoms with E-state index in [1.807, 2.05) is 0 Å². The van der Waals surface area contributed by atoms with Gasteiger partial charge in [0.05, 0.1) is 0 Å². The van der Waals surface area contributed by atoms with E-state index in [2.05, 4.69) is 32.7 Å². The van der Waals surface area contributed by atoms with Crippen LogP contribution in [-0.4, -0.2) is 36.1 Å². The van der Waals surface area contributed by atoms with Crippen molar-refractivity contribution in [3.8, 4) is 0 Å². The van der Waals surface area contributed by atoms with E-state index in [-0.39, 0.29) is 0 Å². The molecule has 0 bridgehead atoms. The molecule has 0 rings (SSSR count). The molecule has 0 atom stereocenters. The summed E-state index contributed by atoms with van der Waals surface area (Å²) in [5, 5.41) is 8.27. The van der Waals surface area contributed by atoms with Gasteiger partial charge in [0.2, 0.25) is 0 Å². The Balaban J connectivity index is 0. The lowest BCUT2D eigenvalue weighted by Crippen LogP contribution is -2.15. The molecule has 0 saturated heterocycles. The van der Waals surface area contributed by atoms with Gasteiger partial charge in [0, 0.05) is 6.42 Å². The Morgan fingerprint density at radius 2 is 1.50 bits per heavy atom. The van der Waals surface area contributed by atoms with Gasteiger partial charge in [-0.05, 0) is 26.6 Å². The molecule has 0 aromatic rings. The largest absolute Gasteiger partial charge is 0.481 e. The molecule has 3 nitrogen and oxygen atoms in total. The second kappa shape index (κ2) is 14.4. The van der Waals surface area contributed by atoms with Crippen molar-refractivity contribution in [2.75, 3.05) is 20.1 Å². The molecule has 0 fully saturated rings. The number of aliphatic carboxylic acids is 1. The lowest BCUT2D eigenvalue weighted by atomic mass is 10.1. The minimum Gasteiger partial charge on any atom is -0.481 e. The van der Waals surface area contributed by atoms with Crippen LogP contribution in [0.5, 0.6) is 0 Å². The summed E-state index contributed by atoms with van der Waals surface area (Å²) in [6, 6.07) is 0. The molecule has 0 saturated carbocycles. The molecule has 0 heterocycles. The number of unbranched alkanes of at least 4 members (excludes halogenated alkanes) is 4. The van der Waals surface area contributed by atoms with Crippen LogP contribution in [0.25, 0.3) is 0 Å². The van der Waals surface area contributed by atoms with Gasteiger partial charge in [0.25, 0.3) is 0 Å². The van der Waals surface area contributed by atoms with Gasteiger partial charge < -0.3 is 10.0 Å². The summed E-state index contributed by atoms with van der Waals surface area (Å²) in [6.45, 7) is 8.79. The minimum absolute atomic E-state index is 0.337. The number of carboxylic acid groups (broad SMARTS) is 1. The summed E-state index contributed by atoms with van der Waals surface area (Å²) in [6.07, 6.45) is 5.88. The Morgan fingerprint density at radius 3 is 1.81 bits per heavy atom. The molecular formula is C13H29NO2. The Kier molecular flexibility index (Phi) is 16.1. The lowest BCUT2D eigenvalue weighted by Gasteiger charge is -2.07. The molecule has 0 aliphatic rings.